The van der Waals surface area contributed by atoms with Gasteiger partial charge in [-0.2, -0.15) is 4.72 Å². The number of sulfonamides is 1. The molecule has 0 aliphatic heterocycles. The van der Waals surface area contributed by atoms with E-state index in [4.69, 9.17) is 4.74 Å². The molecule has 2 rings (SSSR count). The summed E-state index contributed by atoms with van der Waals surface area (Å²) in [6.07, 6.45) is 1.50. The highest BCUT2D eigenvalue weighted by Gasteiger charge is 2.35. The van der Waals surface area contributed by atoms with Crippen molar-refractivity contribution in [3.8, 4) is 0 Å². The van der Waals surface area contributed by atoms with Gasteiger partial charge in [-0.15, -0.1) is 0 Å². The third-order valence-corrected chi connectivity index (χ3v) is 5.76. The molecule has 0 saturated heterocycles. The number of esters is 1. The SMILES string of the molecule is COC(=O)[C@H](NS(=O)(=O)c1ccc([N+](=O)[O-])cc1)C1CCC(O)CC1. The van der Waals surface area contributed by atoms with Gasteiger partial charge in [-0.25, -0.2) is 8.42 Å². The number of nitrogens with one attached hydrogen (secondary N) is 1. The Morgan fingerprint density at radius 2 is 1.84 bits per heavy atom. The number of rotatable bonds is 6. The summed E-state index contributed by atoms with van der Waals surface area (Å²) in [6, 6.07) is 3.31. The van der Waals surface area contributed by atoms with Crippen LogP contribution in [0.3, 0.4) is 0 Å². The van der Waals surface area contributed by atoms with Crippen LogP contribution in [0.2, 0.25) is 0 Å². The van der Waals surface area contributed by atoms with Gasteiger partial charge in [-0.3, -0.25) is 14.9 Å². The van der Waals surface area contributed by atoms with Crippen molar-refractivity contribution in [1.82, 2.24) is 4.72 Å². The third kappa shape index (κ3) is 4.74. The van der Waals surface area contributed by atoms with Crippen molar-refractivity contribution in [3.63, 3.8) is 0 Å². The predicted molar refractivity (Wildman–Crippen MR) is 87.2 cm³/mol. The first-order valence-electron chi connectivity index (χ1n) is 7.77. The molecule has 1 aliphatic rings. The molecule has 2 N–H and O–H groups in total. The van der Waals surface area contributed by atoms with Crippen molar-refractivity contribution in [2.75, 3.05) is 7.11 Å². The monoisotopic (exact) mass is 372 g/mol. The van der Waals surface area contributed by atoms with Gasteiger partial charge >= 0.3 is 5.97 Å². The number of methoxy groups -OCH3 is 1. The number of ether oxygens (including phenoxy) is 1. The fourth-order valence-electron chi connectivity index (χ4n) is 2.88. The molecule has 9 nitrogen and oxygen atoms in total. The second-order valence-electron chi connectivity index (χ2n) is 5.94. The Bertz CT molecular complexity index is 725. The topological polar surface area (TPSA) is 136 Å². The second kappa shape index (κ2) is 7.89. The Balaban J connectivity index is 2.21. The van der Waals surface area contributed by atoms with Crippen LogP contribution in [0.4, 0.5) is 5.69 Å². The molecular weight excluding hydrogens is 352 g/mol. The molecule has 0 radical (unpaired) electrons. The van der Waals surface area contributed by atoms with Crippen molar-refractivity contribution >= 4 is 21.7 Å². The minimum Gasteiger partial charge on any atom is -0.468 e. The summed E-state index contributed by atoms with van der Waals surface area (Å²) in [5.74, 6) is -0.990. The summed E-state index contributed by atoms with van der Waals surface area (Å²) >= 11 is 0. The molecule has 0 spiro atoms. The lowest BCUT2D eigenvalue weighted by Crippen LogP contribution is -2.47. The molecule has 0 amide bonds. The lowest BCUT2D eigenvalue weighted by molar-refractivity contribution is -0.384. The van der Waals surface area contributed by atoms with Crippen LogP contribution in [0.25, 0.3) is 0 Å². The summed E-state index contributed by atoms with van der Waals surface area (Å²) in [5, 5.41) is 20.2. The molecule has 25 heavy (non-hydrogen) atoms. The van der Waals surface area contributed by atoms with Gasteiger partial charge in [0.1, 0.15) is 6.04 Å². The van der Waals surface area contributed by atoms with Gasteiger partial charge in [0.2, 0.25) is 10.0 Å². The highest BCUT2D eigenvalue weighted by molar-refractivity contribution is 7.89. The van der Waals surface area contributed by atoms with E-state index < -0.39 is 33.1 Å². The van der Waals surface area contributed by atoms with E-state index in [9.17, 15) is 28.4 Å². The van der Waals surface area contributed by atoms with Crippen LogP contribution >= 0.6 is 0 Å². The molecule has 1 aromatic carbocycles. The first kappa shape index (κ1) is 19.3. The summed E-state index contributed by atoms with van der Waals surface area (Å²) in [4.78, 5) is 21.9. The fourth-order valence-corrected chi connectivity index (χ4v) is 4.13. The van der Waals surface area contributed by atoms with Crippen LogP contribution in [-0.2, 0) is 19.6 Å². The van der Waals surface area contributed by atoms with Crippen LogP contribution < -0.4 is 4.72 Å². The lowest BCUT2D eigenvalue weighted by atomic mass is 9.83. The molecule has 1 atom stereocenters. The van der Waals surface area contributed by atoms with Gasteiger partial charge in [-0.1, -0.05) is 0 Å². The van der Waals surface area contributed by atoms with E-state index in [1.54, 1.807) is 0 Å². The van der Waals surface area contributed by atoms with Crippen LogP contribution in [0.1, 0.15) is 25.7 Å². The van der Waals surface area contributed by atoms with Crippen LogP contribution in [0.5, 0.6) is 0 Å². The number of nitro groups is 1. The molecule has 1 aromatic rings. The number of benzene rings is 1. The van der Waals surface area contributed by atoms with Crippen LogP contribution in [0.15, 0.2) is 29.2 Å². The number of non-ortho nitro benzene ring substituents is 1. The molecule has 1 aliphatic carbocycles. The van der Waals surface area contributed by atoms with Gasteiger partial charge in [-0.05, 0) is 43.7 Å². The zero-order valence-corrected chi connectivity index (χ0v) is 14.4. The van der Waals surface area contributed by atoms with Crippen molar-refractivity contribution in [2.45, 2.75) is 42.7 Å². The molecule has 0 aromatic heterocycles. The number of nitrogens with zero attached hydrogens (tertiary/aromatic N) is 1. The zero-order chi connectivity index (χ0) is 18.6. The van der Waals surface area contributed by atoms with Gasteiger partial charge in [0.05, 0.1) is 23.0 Å². The standard InChI is InChI=1S/C15H20N2O7S/c1-24-15(19)14(10-2-6-12(18)7-3-10)16-25(22,23)13-8-4-11(5-9-13)17(20)21/h4-5,8-10,12,14,16,18H,2-3,6-7H2,1H3/t10?,12?,14-/m1/s1. The van der Waals surface area contributed by atoms with Crippen molar-refractivity contribution in [1.29, 1.82) is 0 Å². The minimum absolute atomic E-state index is 0.178. The quantitative estimate of drug-likeness (QED) is 0.431. The summed E-state index contributed by atoms with van der Waals surface area (Å²) in [6.45, 7) is 0. The number of hydrogen-bond acceptors (Lipinski definition) is 7. The fraction of sp³-hybridized carbons (Fsp3) is 0.533. The second-order valence-corrected chi connectivity index (χ2v) is 7.66. The Hall–Kier alpha value is -2.04. The normalized spacial score (nSPS) is 22.2. The number of hydrogen-bond donors (Lipinski definition) is 2. The molecule has 0 bridgehead atoms. The molecule has 1 fully saturated rings. The largest absolute Gasteiger partial charge is 0.468 e. The molecule has 0 unspecified atom stereocenters. The Labute approximate surface area is 145 Å². The van der Waals surface area contributed by atoms with Crippen molar-refractivity contribution in [3.05, 3.63) is 34.4 Å². The first-order chi connectivity index (χ1) is 11.7. The van der Waals surface area contributed by atoms with Crippen molar-refractivity contribution in [2.24, 2.45) is 5.92 Å². The Morgan fingerprint density at radius 3 is 2.32 bits per heavy atom. The van der Waals surface area contributed by atoms with E-state index in [0.717, 1.165) is 24.3 Å². The van der Waals surface area contributed by atoms with E-state index in [-0.39, 0.29) is 16.5 Å². The highest BCUT2D eigenvalue weighted by atomic mass is 32.2. The molecular formula is C15H20N2O7S. The first-order valence-corrected chi connectivity index (χ1v) is 9.25. The minimum atomic E-state index is -4.06. The lowest BCUT2D eigenvalue weighted by Gasteiger charge is -2.30. The molecule has 1 saturated carbocycles. The number of carbonyl (C=O) groups excluding carboxylic acids is 1. The van der Waals surface area contributed by atoms with Crippen molar-refractivity contribution < 1.29 is 28.0 Å². The average Bonchev–Trinajstić information content (AvgIpc) is 2.60. The maximum Gasteiger partial charge on any atom is 0.324 e. The smallest absolute Gasteiger partial charge is 0.324 e. The van der Waals surface area contributed by atoms with Gasteiger partial charge in [0.15, 0.2) is 0 Å². The van der Waals surface area contributed by atoms with Gasteiger partial charge in [0.25, 0.3) is 5.69 Å². The summed E-state index contributed by atoms with van der Waals surface area (Å²) in [7, 11) is -2.88. The van der Waals surface area contributed by atoms with E-state index >= 15 is 0 Å². The number of carbonyl (C=O) groups is 1. The molecule has 10 heteroatoms. The maximum atomic E-state index is 12.5. The average molecular weight is 372 g/mol. The third-order valence-electron chi connectivity index (χ3n) is 4.31. The number of aliphatic hydroxyl groups excluding tert-OH is 1. The van der Waals surface area contributed by atoms with E-state index in [2.05, 4.69) is 4.72 Å². The Morgan fingerprint density at radius 1 is 1.28 bits per heavy atom. The number of nitro benzene ring substituents is 1. The maximum absolute atomic E-state index is 12.5. The van der Waals surface area contributed by atoms with E-state index in [1.165, 1.54) is 7.11 Å². The Kier molecular flexibility index (Phi) is 6.09. The van der Waals surface area contributed by atoms with Gasteiger partial charge in [0, 0.05) is 12.1 Å². The van der Waals surface area contributed by atoms with E-state index in [1.807, 2.05) is 0 Å². The van der Waals surface area contributed by atoms with Crippen LogP contribution in [-0.4, -0.2) is 43.7 Å². The van der Waals surface area contributed by atoms with E-state index in [0.29, 0.717) is 25.7 Å². The predicted octanol–water partition coefficient (Wildman–Crippen LogP) is 0.966. The summed E-state index contributed by atoms with van der Waals surface area (Å²) < 4.78 is 32.1. The van der Waals surface area contributed by atoms with Crippen LogP contribution in [0, 0.1) is 16.0 Å². The molecule has 138 valence electrons. The number of aliphatic hydroxyl groups is 1. The molecule has 0 heterocycles. The highest BCUT2D eigenvalue weighted by Crippen LogP contribution is 2.28. The zero-order valence-electron chi connectivity index (χ0n) is 13.6. The summed E-state index contributed by atoms with van der Waals surface area (Å²) in [5.41, 5.74) is -0.232. The van der Waals surface area contributed by atoms with Gasteiger partial charge < -0.3 is 9.84 Å².